The molecule has 2 aromatic rings. The quantitative estimate of drug-likeness (QED) is 0.776. The van der Waals surface area contributed by atoms with Gasteiger partial charge in [0.15, 0.2) is 0 Å². The molecule has 3 rings (SSSR count). The fraction of sp³-hybridized carbons (Fsp3) is 0.300. The highest BCUT2D eigenvalue weighted by Gasteiger charge is 2.27. The molecule has 1 fully saturated rings. The predicted molar refractivity (Wildman–Crippen MR) is 105 cm³/mol. The second-order valence-electron chi connectivity index (χ2n) is 6.32. The van der Waals surface area contributed by atoms with Crippen molar-refractivity contribution in [3.05, 3.63) is 69.2 Å². The molecule has 0 unspecified atom stereocenters. The van der Waals surface area contributed by atoms with Crippen LogP contribution in [0.3, 0.4) is 0 Å². The Kier molecular flexibility index (Phi) is 6.37. The number of amides is 2. The monoisotopic (exact) mass is 406 g/mol. The lowest BCUT2D eigenvalue weighted by Crippen LogP contribution is -2.50. The molecule has 1 aliphatic rings. The minimum atomic E-state index is -0.170. The second kappa shape index (κ2) is 8.74. The van der Waals surface area contributed by atoms with Gasteiger partial charge in [0.1, 0.15) is 0 Å². The number of carbonyl (C=O) groups excluding carboxylic acids is 2. The molecular formula is C20H20Cl2N2O3. The van der Waals surface area contributed by atoms with Crippen LogP contribution in [0.1, 0.15) is 26.3 Å². The highest BCUT2D eigenvalue weighted by atomic mass is 35.5. The third-order valence-electron chi connectivity index (χ3n) is 4.52. The van der Waals surface area contributed by atoms with E-state index < -0.39 is 0 Å². The molecule has 0 spiro atoms. The van der Waals surface area contributed by atoms with Gasteiger partial charge >= 0.3 is 0 Å². The predicted octanol–water partition coefficient (Wildman–Crippen LogP) is 3.74. The van der Waals surface area contributed by atoms with E-state index in [4.69, 9.17) is 27.9 Å². The summed E-state index contributed by atoms with van der Waals surface area (Å²) in [6.45, 7) is 2.30. The van der Waals surface area contributed by atoms with Crippen molar-refractivity contribution in [1.29, 1.82) is 0 Å². The van der Waals surface area contributed by atoms with Crippen LogP contribution in [0.4, 0.5) is 0 Å². The van der Waals surface area contributed by atoms with E-state index in [0.29, 0.717) is 48.9 Å². The Morgan fingerprint density at radius 3 is 2.26 bits per heavy atom. The first-order valence-electron chi connectivity index (χ1n) is 8.61. The standard InChI is InChI=1S/C20H20Cl2N2O3/c1-27-13-14-4-2-5-15(12-14)19(25)23-8-10-24(11-9-23)20(26)16-6-3-7-17(21)18(16)22/h2-7,12H,8-11,13H2,1H3. The Bertz CT molecular complexity index is 849. The maximum absolute atomic E-state index is 12.7. The van der Waals surface area contributed by atoms with Gasteiger partial charge in [0, 0.05) is 38.9 Å². The Morgan fingerprint density at radius 1 is 0.963 bits per heavy atom. The summed E-state index contributed by atoms with van der Waals surface area (Å²) in [4.78, 5) is 28.9. The van der Waals surface area contributed by atoms with Crippen molar-refractivity contribution >= 4 is 35.0 Å². The summed E-state index contributed by atoms with van der Waals surface area (Å²) in [5.74, 6) is -0.211. The highest BCUT2D eigenvalue weighted by Crippen LogP contribution is 2.27. The average molecular weight is 407 g/mol. The van der Waals surface area contributed by atoms with Crippen LogP contribution in [0.25, 0.3) is 0 Å². The minimum absolute atomic E-state index is 0.0409. The van der Waals surface area contributed by atoms with E-state index in [1.165, 1.54) is 0 Å². The molecule has 0 N–H and O–H groups in total. The van der Waals surface area contributed by atoms with Crippen molar-refractivity contribution in [3.63, 3.8) is 0 Å². The fourth-order valence-electron chi connectivity index (χ4n) is 3.10. The second-order valence-corrected chi connectivity index (χ2v) is 7.10. The van der Waals surface area contributed by atoms with Crippen LogP contribution in [0.15, 0.2) is 42.5 Å². The third kappa shape index (κ3) is 4.43. The Labute approximate surface area is 168 Å². The number of rotatable bonds is 4. The molecule has 7 heteroatoms. The summed E-state index contributed by atoms with van der Waals surface area (Å²) >= 11 is 12.2. The number of hydrogen-bond donors (Lipinski definition) is 0. The number of methoxy groups -OCH3 is 1. The van der Waals surface area contributed by atoms with Crippen LogP contribution in [0.2, 0.25) is 10.0 Å². The Hall–Kier alpha value is -2.08. The van der Waals surface area contributed by atoms with E-state index >= 15 is 0 Å². The number of benzene rings is 2. The topological polar surface area (TPSA) is 49.9 Å². The van der Waals surface area contributed by atoms with Crippen molar-refractivity contribution < 1.29 is 14.3 Å². The smallest absolute Gasteiger partial charge is 0.255 e. The molecule has 2 amide bonds. The lowest BCUT2D eigenvalue weighted by atomic mass is 10.1. The Morgan fingerprint density at radius 2 is 1.59 bits per heavy atom. The van der Waals surface area contributed by atoms with E-state index in [9.17, 15) is 9.59 Å². The zero-order valence-electron chi connectivity index (χ0n) is 15.0. The summed E-state index contributed by atoms with van der Waals surface area (Å²) < 4.78 is 5.12. The average Bonchev–Trinajstić information content (AvgIpc) is 2.69. The maximum Gasteiger partial charge on any atom is 0.255 e. The van der Waals surface area contributed by atoms with E-state index in [2.05, 4.69) is 0 Å². The molecule has 2 aromatic carbocycles. The zero-order valence-corrected chi connectivity index (χ0v) is 16.5. The van der Waals surface area contributed by atoms with Gasteiger partial charge < -0.3 is 14.5 Å². The van der Waals surface area contributed by atoms with Crippen LogP contribution in [0.5, 0.6) is 0 Å². The van der Waals surface area contributed by atoms with Crippen molar-refractivity contribution in [2.24, 2.45) is 0 Å². The first-order chi connectivity index (χ1) is 13.0. The summed E-state index contributed by atoms with van der Waals surface area (Å²) in [6, 6.07) is 12.4. The van der Waals surface area contributed by atoms with Gasteiger partial charge in [-0.2, -0.15) is 0 Å². The van der Waals surface area contributed by atoms with Crippen LogP contribution in [-0.2, 0) is 11.3 Å². The summed E-state index contributed by atoms with van der Waals surface area (Å²) in [5.41, 5.74) is 1.96. The van der Waals surface area contributed by atoms with E-state index in [-0.39, 0.29) is 16.8 Å². The van der Waals surface area contributed by atoms with Gasteiger partial charge in [-0.05, 0) is 29.8 Å². The first-order valence-corrected chi connectivity index (χ1v) is 9.37. The van der Waals surface area contributed by atoms with Gasteiger partial charge in [-0.25, -0.2) is 0 Å². The maximum atomic E-state index is 12.7. The van der Waals surface area contributed by atoms with Crippen LogP contribution in [0, 0.1) is 0 Å². The number of hydrogen-bond acceptors (Lipinski definition) is 3. The van der Waals surface area contributed by atoms with Crippen molar-refractivity contribution in [2.75, 3.05) is 33.3 Å². The fourth-order valence-corrected chi connectivity index (χ4v) is 3.48. The summed E-state index contributed by atoms with van der Waals surface area (Å²) in [7, 11) is 1.62. The number of piperazine rings is 1. The molecule has 0 bridgehead atoms. The summed E-state index contributed by atoms with van der Waals surface area (Å²) in [5, 5.41) is 0.616. The van der Waals surface area contributed by atoms with Gasteiger partial charge in [-0.3, -0.25) is 9.59 Å². The Balaban J connectivity index is 1.64. The molecule has 0 radical (unpaired) electrons. The van der Waals surface area contributed by atoms with E-state index in [1.807, 2.05) is 18.2 Å². The lowest BCUT2D eigenvalue weighted by molar-refractivity contribution is 0.0535. The van der Waals surface area contributed by atoms with Crippen molar-refractivity contribution in [2.45, 2.75) is 6.61 Å². The summed E-state index contributed by atoms with van der Waals surface area (Å²) in [6.07, 6.45) is 0. The minimum Gasteiger partial charge on any atom is -0.380 e. The normalized spacial score (nSPS) is 14.3. The molecule has 1 aliphatic heterocycles. The zero-order chi connectivity index (χ0) is 19.4. The molecule has 27 heavy (non-hydrogen) atoms. The van der Waals surface area contributed by atoms with Crippen molar-refractivity contribution in [3.8, 4) is 0 Å². The highest BCUT2D eigenvalue weighted by molar-refractivity contribution is 6.43. The van der Waals surface area contributed by atoms with Gasteiger partial charge in [0.2, 0.25) is 0 Å². The number of ether oxygens (including phenoxy) is 1. The van der Waals surface area contributed by atoms with Crippen LogP contribution < -0.4 is 0 Å². The van der Waals surface area contributed by atoms with Gasteiger partial charge in [0.05, 0.1) is 22.2 Å². The number of nitrogens with zero attached hydrogens (tertiary/aromatic N) is 2. The molecule has 0 aromatic heterocycles. The van der Waals surface area contributed by atoms with Crippen LogP contribution in [-0.4, -0.2) is 54.9 Å². The number of carbonyl (C=O) groups is 2. The van der Waals surface area contributed by atoms with Gasteiger partial charge in [-0.1, -0.05) is 41.4 Å². The van der Waals surface area contributed by atoms with Crippen LogP contribution >= 0.6 is 23.2 Å². The molecular weight excluding hydrogens is 387 g/mol. The molecule has 1 heterocycles. The lowest BCUT2D eigenvalue weighted by Gasteiger charge is -2.35. The van der Waals surface area contributed by atoms with E-state index in [0.717, 1.165) is 5.56 Å². The van der Waals surface area contributed by atoms with Gasteiger partial charge in [-0.15, -0.1) is 0 Å². The van der Waals surface area contributed by atoms with Gasteiger partial charge in [0.25, 0.3) is 11.8 Å². The molecule has 0 saturated carbocycles. The molecule has 0 atom stereocenters. The first kappa shape index (κ1) is 19.7. The SMILES string of the molecule is COCc1cccc(C(=O)N2CCN(C(=O)c3cccc(Cl)c3Cl)CC2)c1. The largest absolute Gasteiger partial charge is 0.380 e. The molecule has 142 valence electrons. The van der Waals surface area contributed by atoms with Crippen molar-refractivity contribution in [1.82, 2.24) is 9.80 Å². The van der Waals surface area contributed by atoms with E-state index in [1.54, 1.807) is 41.2 Å². The molecule has 1 saturated heterocycles. The number of halogens is 2. The molecule has 5 nitrogen and oxygen atoms in total. The third-order valence-corrected chi connectivity index (χ3v) is 5.34. The molecule has 0 aliphatic carbocycles.